The van der Waals surface area contributed by atoms with Gasteiger partial charge in [0.25, 0.3) is 0 Å². The minimum Gasteiger partial charge on any atom is -0.326 e. The number of aromatic nitrogens is 3. The van der Waals surface area contributed by atoms with E-state index in [1.54, 1.807) is 0 Å². The van der Waals surface area contributed by atoms with E-state index in [9.17, 15) is 0 Å². The number of imidazole rings is 1. The highest BCUT2D eigenvalue weighted by atomic mass is 15.3. The predicted octanol–water partition coefficient (Wildman–Crippen LogP) is 2.93. The molecule has 0 bridgehead atoms. The van der Waals surface area contributed by atoms with Crippen LogP contribution in [0.25, 0.3) is 11.0 Å². The lowest BCUT2D eigenvalue weighted by molar-refractivity contribution is 0.182. The van der Waals surface area contributed by atoms with Crippen LogP contribution in [-0.4, -0.2) is 57.6 Å². The van der Waals surface area contributed by atoms with Crippen molar-refractivity contribution in [1.82, 2.24) is 24.3 Å². The van der Waals surface area contributed by atoms with Gasteiger partial charge in [-0.3, -0.25) is 9.88 Å². The molecule has 0 aliphatic carbocycles. The first kappa shape index (κ1) is 16.4. The number of hydrogen-bond acceptors (Lipinski definition) is 4. The third-order valence-electron chi connectivity index (χ3n) is 4.95. The Labute approximate surface area is 139 Å². The van der Waals surface area contributed by atoms with Gasteiger partial charge in [0.1, 0.15) is 5.82 Å². The summed E-state index contributed by atoms with van der Waals surface area (Å²) in [4.78, 5) is 14.4. The van der Waals surface area contributed by atoms with Crippen molar-refractivity contribution < 1.29 is 0 Å². The van der Waals surface area contributed by atoms with Crippen LogP contribution in [0.1, 0.15) is 45.0 Å². The predicted molar refractivity (Wildman–Crippen MR) is 94.5 cm³/mol. The average molecular weight is 315 g/mol. The molecule has 0 amide bonds. The second-order valence-corrected chi connectivity index (χ2v) is 6.58. The molecule has 0 saturated carbocycles. The van der Waals surface area contributed by atoms with Gasteiger partial charge in [-0.15, -0.1) is 0 Å². The molecule has 1 aliphatic heterocycles. The Balaban J connectivity index is 1.97. The summed E-state index contributed by atoms with van der Waals surface area (Å²) in [6.45, 7) is 10.1. The van der Waals surface area contributed by atoms with Crippen molar-refractivity contribution >= 4 is 11.0 Å². The zero-order valence-corrected chi connectivity index (χ0v) is 14.7. The zero-order valence-electron chi connectivity index (χ0n) is 14.7. The van der Waals surface area contributed by atoms with E-state index in [0.29, 0.717) is 6.04 Å². The number of nitrogens with zero attached hydrogens (tertiary/aromatic N) is 5. The summed E-state index contributed by atoms with van der Waals surface area (Å²) in [5, 5.41) is 0. The van der Waals surface area contributed by atoms with E-state index in [4.69, 9.17) is 4.98 Å². The molecule has 0 N–H and O–H groups in total. The van der Waals surface area contributed by atoms with Crippen molar-refractivity contribution in [2.45, 2.75) is 45.7 Å². The van der Waals surface area contributed by atoms with Crippen LogP contribution < -0.4 is 0 Å². The monoisotopic (exact) mass is 315 g/mol. The molecule has 1 fully saturated rings. The van der Waals surface area contributed by atoms with Crippen molar-refractivity contribution in [2.24, 2.45) is 0 Å². The Bertz CT molecular complexity index is 635. The van der Waals surface area contributed by atoms with Gasteiger partial charge in [0.05, 0.1) is 23.3 Å². The first-order valence-electron chi connectivity index (χ1n) is 8.97. The third kappa shape index (κ3) is 3.40. The summed E-state index contributed by atoms with van der Waals surface area (Å²) >= 11 is 0. The van der Waals surface area contributed by atoms with Gasteiger partial charge in [0, 0.05) is 32.4 Å². The standard InChI is InChI=1S/C18H29N5/c1-4-7-16(22-11-6-10-21(3)12-13-22)18-20-15-8-9-19-14-17(15)23(18)5-2/h8-9,14,16H,4-7,10-13H2,1-3H3. The molecule has 1 unspecified atom stereocenters. The molecule has 5 nitrogen and oxygen atoms in total. The molecular weight excluding hydrogens is 286 g/mol. The highest BCUT2D eigenvalue weighted by molar-refractivity contribution is 5.74. The molecule has 3 heterocycles. The quantitative estimate of drug-likeness (QED) is 0.850. The molecule has 0 aromatic carbocycles. The number of hydrogen-bond donors (Lipinski definition) is 0. The fraction of sp³-hybridized carbons (Fsp3) is 0.667. The maximum absolute atomic E-state index is 4.99. The van der Waals surface area contributed by atoms with E-state index >= 15 is 0 Å². The van der Waals surface area contributed by atoms with Gasteiger partial charge in [-0.25, -0.2) is 4.98 Å². The fourth-order valence-electron chi connectivity index (χ4n) is 3.70. The van der Waals surface area contributed by atoms with Crippen LogP contribution in [0.4, 0.5) is 0 Å². The van der Waals surface area contributed by atoms with Crippen LogP contribution in [0, 0.1) is 0 Å². The highest BCUT2D eigenvalue weighted by Crippen LogP contribution is 2.29. The number of aryl methyl sites for hydroxylation is 1. The first-order chi connectivity index (χ1) is 11.2. The van der Waals surface area contributed by atoms with Crippen molar-refractivity contribution in [2.75, 3.05) is 33.2 Å². The van der Waals surface area contributed by atoms with Crippen molar-refractivity contribution in [1.29, 1.82) is 0 Å². The van der Waals surface area contributed by atoms with E-state index in [0.717, 1.165) is 30.7 Å². The van der Waals surface area contributed by atoms with Crippen LogP contribution >= 0.6 is 0 Å². The largest absolute Gasteiger partial charge is 0.326 e. The lowest BCUT2D eigenvalue weighted by atomic mass is 10.1. The smallest absolute Gasteiger partial charge is 0.127 e. The molecule has 1 atom stereocenters. The molecule has 1 aliphatic rings. The molecule has 23 heavy (non-hydrogen) atoms. The van der Waals surface area contributed by atoms with Crippen LogP contribution in [0.5, 0.6) is 0 Å². The Kier molecular flexibility index (Phi) is 5.28. The maximum Gasteiger partial charge on any atom is 0.127 e. The summed E-state index contributed by atoms with van der Waals surface area (Å²) in [5.74, 6) is 1.22. The Morgan fingerprint density at radius 3 is 2.83 bits per heavy atom. The molecule has 5 heteroatoms. The van der Waals surface area contributed by atoms with Gasteiger partial charge in [-0.2, -0.15) is 0 Å². The van der Waals surface area contributed by atoms with E-state index in [2.05, 4.69) is 40.2 Å². The third-order valence-corrected chi connectivity index (χ3v) is 4.95. The summed E-state index contributed by atoms with van der Waals surface area (Å²) in [5.41, 5.74) is 2.24. The van der Waals surface area contributed by atoms with Crippen molar-refractivity contribution in [3.8, 4) is 0 Å². The second-order valence-electron chi connectivity index (χ2n) is 6.58. The van der Waals surface area contributed by atoms with Gasteiger partial charge < -0.3 is 9.47 Å². The molecule has 3 rings (SSSR count). The van der Waals surface area contributed by atoms with E-state index < -0.39 is 0 Å². The van der Waals surface area contributed by atoms with Crippen LogP contribution in [0.2, 0.25) is 0 Å². The lowest BCUT2D eigenvalue weighted by Gasteiger charge is -2.30. The first-order valence-corrected chi connectivity index (χ1v) is 8.97. The topological polar surface area (TPSA) is 37.2 Å². The SMILES string of the molecule is CCCC(c1nc2ccncc2n1CC)N1CCCN(C)CC1. The number of fused-ring (bicyclic) bond motifs is 1. The maximum atomic E-state index is 4.99. The van der Waals surface area contributed by atoms with Crippen LogP contribution in [0.3, 0.4) is 0 Å². The molecule has 2 aromatic heterocycles. The normalized spacial score (nSPS) is 19.1. The zero-order chi connectivity index (χ0) is 16.2. The molecule has 126 valence electrons. The minimum absolute atomic E-state index is 0.416. The fourth-order valence-corrected chi connectivity index (χ4v) is 3.70. The van der Waals surface area contributed by atoms with Gasteiger partial charge in [-0.1, -0.05) is 13.3 Å². The molecular formula is C18H29N5. The number of rotatable bonds is 5. The van der Waals surface area contributed by atoms with E-state index in [1.165, 1.54) is 38.2 Å². The number of pyridine rings is 1. The van der Waals surface area contributed by atoms with E-state index in [-0.39, 0.29) is 0 Å². The van der Waals surface area contributed by atoms with Gasteiger partial charge in [0.15, 0.2) is 0 Å². The minimum atomic E-state index is 0.416. The van der Waals surface area contributed by atoms with Crippen molar-refractivity contribution in [3.63, 3.8) is 0 Å². The van der Waals surface area contributed by atoms with E-state index in [1.807, 2.05) is 18.5 Å². The van der Waals surface area contributed by atoms with Gasteiger partial charge >= 0.3 is 0 Å². The molecule has 1 saturated heterocycles. The lowest BCUT2D eigenvalue weighted by Crippen LogP contribution is -2.34. The molecule has 2 aromatic rings. The molecule has 0 spiro atoms. The van der Waals surface area contributed by atoms with Crippen molar-refractivity contribution in [3.05, 3.63) is 24.3 Å². The summed E-state index contributed by atoms with van der Waals surface area (Å²) < 4.78 is 2.36. The highest BCUT2D eigenvalue weighted by Gasteiger charge is 2.26. The summed E-state index contributed by atoms with van der Waals surface area (Å²) in [6, 6.07) is 2.45. The Morgan fingerprint density at radius 1 is 1.17 bits per heavy atom. The average Bonchev–Trinajstić information content (AvgIpc) is 2.80. The van der Waals surface area contributed by atoms with Crippen LogP contribution in [0.15, 0.2) is 18.5 Å². The summed E-state index contributed by atoms with van der Waals surface area (Å²) in [7, 11) is 2.23. The number of likely N-dealkylation sites (N-methyl/N-ethyl adjacent to an activating group) is 1. The summed E-state index contributed by atoms with van der Waals surface area (Å²) in [6.07, 6.45) is 7.39. The van der Waals surface area contributed by atoms with Crippen LogP contribution in [-0.2, 0) is 6.54 Å². The van der Waals surface area contributed by atoms with Gasteiger partial charge in [0.2, 0.25) is 0 Å². The Hall–Kier alpha value is -1.46. The van der Waals surface area contributed by atoms with Gasteiger partial charge in [-0.05, 0) is 39.4 Å². The second kappa shape index (κ2) is 7.41. The molecule has 0 radical (unpaired) electrons. The Morgan fingerprint density at radius 2 is 2.04 bits per heavy atom.